The van der Waals surface area contributed by atoms with E-state index in [1.54, 1.807) is 0 Å². The van der Waals surface area contributed by atoms with Crippen LogP contribution >= 0.6 is 0 Å². The fourth-order valence-electron chi connectivity index (χ4n) is 2.88. The lowest BCUT2D eigenvalue weighted by molar-refractivity contribution is -0.140. The third-order valence-corrected chi connectivity index (χ3v) is 4.61. The molecule has 1 saturated heterocycles. The summed E-state index contributed by atoms with van der Waals surface area (Å²) in [5.74, 6) is -0.691. The quantitative estimate of drug-likeness (QED) is 0.321. The summed E-state index contributed by atoms with van der Waals surface area (Å²) in [6, 6.07) is 0. The van der Waals surface area contributed by atoms with Crippen molar-refractivity contribution in [3.05, 3.63) is 0 Å². The molecule has 26 heavy (non-hydrogen) atoms. The lowest BCUT2D eigenvalue weighted by Crippen LogP contribution is -2.45. The minimum absolute atomic E-state index is 0.103. The molecule has 3 amide bonds. The van der Waals surface area contributed by atoms with E-state index in [4.69, 9.17) is 4.74 Å². The maximum atomic E-state index is 12.2. The lowest BCUT2D eigenvalue weighted by Gasteiger charge is -2.26. The average Bonchev–Trinajstić information content (AvgIpc) is 2.83. The normalized spacial score (nSPS) is 17.9. The molecule has 0 bridgehead atoms. The molecule has 1 rings (SSSR count). The number of amides is 3. The topological polar surface area (TPSA) is 92.8 Å². The molecule has 0 aliphatic carbocycles. The number of unbranched alkanes of at least 4 members (excludes halogenated alkanes) is 1. The van der Waals surface area contributed by atoms with E-state index in [1.165, 1.54) is 4.90 Å². The van der Waals surface area contributed by atoms with Crippen LogP contribution in [0.2, 0.25) is 0 Å². The van der Waals surface area contributed by atoms with Crippen molar-refractivity contribution in [3.63, 3.8) is 0 Å². The molecule has 0 aromatic heterocycles. The van der Waals surface area contributed by atoms with Gasteiger partial charge >= 0.3 is 0 Å². The number of nitrogens with zero attached hydrogens (tertiary/aromatic N) is 1. The van der Waals surface area contributed by atoms with Crippen LogP contribution in [0.3, 0.4) is 0 Å². The third-order valence-electron chi connectivity index (χ3n) is 4.61. The van der Waals surface area contributed by atoms with Crippen molar-refractivity contribution >= 4 is 24.0 Å². The van der Waals surface area contributed by atoms with Gasteiger partial charge in [-0.1, -0.05) is 13.8 Å². The standard InChI is InChI=1S/C19H32N2O5/c1-14(2)15-13-17(24)21(18(15)25)9-7-16(23)20-19(3,4)8-12-26-11-6-5-10-22/h10,14-15H,5-9,11-13H2,1-4H3,(H,20,23). The second-order valence-electron chi connectivity index (χ2n) is 7.79. The van der Waals surface area contributed by atoms with E-state index < -0.39 is 5.54 Å². The number of carbonyl (C=O) groups excluding carboxylic acids is 4. The number of carbonyl (C=O) groups is 4. The molecule has 1 aliphatic rings. The SMILES string of the molecule is CC(C)C1CC(=O)N(CCC(=O)NC(C)(C)CCOCCCC=O)C1=O. The summed E-state index contributed by atoms with van der Waals surface area (Å²) in [6.45, 7) is 8.81. The largest absolute Gasteiger partial charge is 0.381 e. The molecular formula is C19H32N2O5. The Morgan fingerprint density at radius 1 is 1.35 bits per heavy atom. The number of likely N-dealkylation sites (tertiary alicyclic amines) is 1. The third kappa shape index (κ3) is 7.23. The number of rotatable bonds is 12. The van der Waals surface area contributed by atoms with Crippen molar-refractivity contribution in [2.24, 2.45) is 11.8 Å². The highest BCUT2D eigenvalue weighted by Gasteiger charge is 2.39. The van der Waals surface area contributed by atoms with Crippen molar-refractivity contribution in [3.8, 4) is 0 Å². The maximum absolute atomic E-state index is 12.2. The van der Waals surface area contributed by atoms with Crippen molar-refractivity contribution < 1.29 is 23.9 Å². The molecule has 0 radical (unpaired) electrons. The second-order valence-corrected chi connectivity index (χ2v) is 7.79. The van der Waals surface area contributed by atoms with Gasteiger partial charge in [-0.15, -0.1) is 0 Å². The van der Waals surface area contributed by atoms with E-state index in [9.17, 15) is 19.2 Å². The van der Waals surface area contributed by atoms with E-state index >= 15 is 0 Å². The minimum atomic E-state index is -0.443. The van der Waals surface area contributed by atoms with E-state index in [2.05, 4.69) is 5.32 Å². The van der Waals surface area contributed by atoms with E-state index in [-0.39, 0.29) is 48.9 Å². The van der Waals surface area contributed by atoms with Crippen molar-refractivity contribution in [2.75, 3.05) is 19.8 Å². The summed E-state index contributed by atoms with van der Waals surface area (Å²) < 4.78 is 5.45. The van der Waals surface area contributed by atoms with Crippen LogP contribution in [-0.4, -0.2) is 54.2 Å². The molecule has 0 aromatic carbocycles. The first-order valence-electron chi connectivity index (χ1n) is 9.34. The predicted molar refractivity (Wildman–Crippen MR) is 97.2 cm³/mol. The van der Waals surface area contributed by atoms with Crippen LogP contribution in [0, 0.1) is 11.8 Å². The Balaban J connectivity index is 2.33. The van der Waals surface area contributed by atoms with Gasteiger partial charge in [0.15, 0.2) is 0 Å². The van der Waals surface area contributed by atoms with E-state index in [0.29, 0.717) is 32.5 Å². The molecule has 1 heterocycles. The van der Waals surface area contributed by atoms with E-state index in [0.717, 1.165) is 6.29 Å². The first-order chi connectivity index (χ1) is 12.2. The van der Waals surface area contributed by atoms with Gasteiger partial charge in [0.2, 0.25) is 17.7 Å². The van der Waals surface area contributed by atoms with Crippen LogP contribution < -0.4 is 5.32 Å². The monoisotopic (exact) mass is 368 g/mol. The zero-order valence-corrected chi connectivity index (χ0v) is 16.4. The van der Waals surface area contributed by atoms with Crippen molar-refractivity contribution in [1.29, 1.82) is 0 Å². The molecule has 1 fully saturated rings. The van der Waals surface area contributed by atoms with Crippen LogP contribution in [0.4, 0.5) is 0 Å². The molecular weight excluding hydrogens is 336 g/mol. The van der Waals surface area contributed by atoms with Crippen LogP contribution in [0.5, 0.6) is 0 Å². The molecule has 148 valence electrons. The van der Waals surface area contributed by atoms with E-state index in [1.807, 2.05) is 27.7 Å². The Morgan fingerprint density at radius 2 is 2.04 bits per heavy atom. The first-order valence-corrected chi connectivity index (χ1v) is 9.34. The first kappa shape index (κ1) is 22.3. The summed E-state index contributed by atoms with van der Waals surface area (Å²) in [4.78, 5) is 47.8. The van der Waals surface area contributed by atoms with Gasteiger partial charge in [0.1, 0.15) is 6.29 Å². The molecule has 1 aliphatic heterocycles. The van der Waals surface area contributed by atoms with Gasteiger partial charge in [0.05, 0.1) is 0 Å². The summed E-state index contributed by atoms with van der Waals surface area (Å²) in [7, 11) is 0. The molecule has 1 unspecified atom stereocenters. The summed E-state index contributed by atoms with van der Waals surface area (Å²) in [5, 5.41) is 2.92. The van der Waals surface area contributed by atoms with Crippen molar-refractivity contribution in [1.82, 2.24) is 10.2 Å². The fraction of sp³-hybridized carbons (Fsp3) is 0.789. The number of hydrogen-bond donors (Lipinski definition) is 1. The highest BCUT2D eigenvalue weighted by molar-refractivity contribution is 6.03. The van der Waals surface area contributed by atoms with Gasteiger partial charge in [-0.2, -0.15) is 0 Å². The molecule has 1 N–H and O–H groups in total. The van der Waals surface area contributed by atoms with Crippen LogP contribution in [0.1, 0.15) is 59.8 Å². The Bertz CT molecular complexity index is 516. The molecule has 0 aromatic rings. The predicted octanol–water partition coefficient (Wildman–Crippen LogP) is 1.69. The number of imide groups is 1. The lowest BCUT2D eigenvalue weighted by atomic mass is 9.94. The van der Waals surface area contributed by atoms with Gasteiger partial charge < -0.3 is 14.8 Å². The Kier molecular flexibility index (Phi) is 8.92. The Morgan fingerprint density at radius 3 is 2.62 bits per heavy atom. The van der Waals surface area contributed by atoms with Crippen LogP contribution in [0.15, 0.2) is 0 Å². The Labute approximate surface area is 155 Å². The highest BCUT2D eigenvalue weighted by Crippen LogP contribution is 2.26. The summed E-state index contributed by atoms with van der Waals surface area (Å²) in [6.07, 6.45) is 3.04. The molecule has 0 spiro atoms. The average molecular weight is 368 g/mol. The molecule has 7 heteroatoms. The zero-order chi connectivity index (χ0) is 19.7. The second kappa shape index (κ2) is 10.4. The van der Waals surface area contributed by atoms with Gasteiger partial charge in [-0.25, -0.2) is 0 Å². The van der Waals surface area contributed by atoms with Crippen molar-refractivity contribution in [2.45, 2.75) is 65.3 Å². The van der Waals surface area contributed by atoms with Gasteiger partial charge in [0.25, 0.3) is 0 Å². The molecule has 0 saturated carbocycles. The number of hydrogen-bond acceptors (Lipinski definition) is 5. The summed E-state index contributed by atoms with van der Waals surface area (Å²) >= 11 is 0. The van der Waals surface area contributed by atoms with Crippen LogP contribution in [-0.2, 0) is 23.9 Å². The zero-order valence-electron chi connectivity index (χ0n) is 16.4. The fourth-order valence-corrected chi connectivity index (χ4v) is 2.88. The number of ether oxygens (including phenoxy) is 1. The Hall–Kier alpha value is -1.76. The van der Waals surface area contributed by atoms with Gasteiger partial charge in [-0.05, 0) is 32.6 Å². The summed E-state index contributed by atoms with van der Waals surface area (Å²) in [5.41, 5.74) is -0.443. The highest BCUT2D eigenvalue weighted by atomic mass is 16.5. The van der Waals surface area contributed by atoms with Crippen LogP contribution in [0.25, 0.3) is 0 Å². The smallest absolute Gasteiger partial charge is 0.233 e. The number of aldehydes is 1. The van der Waals surface area contributed by atoms with Gasteiger partial charge in [-0.3, -0.25) is 19.3 Å². The molecule has 7 nitrogen and oxygen atoms in total. The maximum Gasteiger partial charge on any atom is 0.233 e. The molecule has 1 atom stereocenters. The minimum Gasteiger partial charge on any atom is -0.381 e. The number of nitrogens with one attached hydrogen (secondary N) is 1. The van der Waals surface area contributed by atoms with Gasteiger partial charge in [0, 0.05) is 50.5 Å².